The van der Waals surface area contributed by atoms with Crippen molar-refractivity contribution in [2.24, 2.45) is 0 Å². The van der Waals surface area contributed by atoms with Crippen molar-refractivity contribution in [1.29, 1.82) is 0 Å². The molecule has 2 rings (SSSR count). The van der Waals surface area contributed by atoms with E-state index in [4.69, 9.17) is 4.42 Å². The Morgan fingerprint density at radius 2 is 2.31 bits per heavy atom. The molecule has 0 amide bonds. The Morgan fingerprint density at radius 3 is 2.77 bits per heavy atom. The van der Waals surface area contributed by atoms with Crippen molar-refractivity contribution in [2.75, 3.05) is 20.1 Å². The lowest BCUT2D eigenvalue weighted by Crippen LogP contribution is -2.55. The molecule has 13 heavy (non-hydrogen) atoms. The average molecular weight is 180 g/mol. The van der Waals surface area contributed by atoms with Gasteiger partial charge in [-0.05, 0) is 26.1 Å². The molecule has 1 aromatic rings. The van der Waals surface area contributed by atoms with Crippen LogP contribution in [0.3, 0.4) is 0 Å². The molecule has 0 bridgehead atoms. The quantitative estimate of drug-likeness (QED) is 0.752. The van der Waals surface area contributed by atoms with Gasteiger partial charge in [0.25, 0.3) is 0 Å². The van der Waals surface area contributed by atoms with Crippen molar-refractivity contribution in [1.82, 2.24) is 10.2 Å². The van der Waals surface area contributed by atoms with Gasteiger partial charge in [-0.3, -0.25) is 4.90 Å². The molecule has 1 saturated heterocycles. The molecule has 0 saturated carbocycles. The minimum Gasteiger partial charge on any atom is -0.465 e. The Morgan fingerprint density at radius 1 is 1.54 bits per heavy atom. The fourth-order valence-electron chi connectivity index (χ4n) is 1.53. The third-order valence-corrected chi connectivity index (χ3v) is 2.58. The number of hydrogen-bond donors (Lipinski definition) is 1. The molecule has 0 aromatic carbocycles. The highest BCUT2D eigenvalue weighted by atomic mass is 16.3. The van der Waals surface area contributed by atoms with Crippen LogP contribution in [-0.2, 0) is 6.54 Å². The van der Waals surface area contributed by atoms with Crippen molar-refractivity contribution in [3.05, 3.63) is 23.7 Å². The maximum Gasteiger partial charge on any atom is 0.118 e. The van der Waals surface area contributed by atoms with Crippen LogP contribution >= 0.6 is 0 Å². The van der Waals surface area contributed by atoms with Gasteiger partial charge in [0.2, 0.25) is 0 Å². The third kappa shape index (κ3) is 1.92. The number of hydrogen-bond acceptors (Lipinski definition) is 3. The number of furan rings is 1. The predicted molar refractivity (Wildman–Crippen MR) is 51.6 cm³/mol. The summed E-state index contributed by atoms with van der Waals surface area (Å²) < 4.78 is 5.51. The second kappa shape index (κ2) is 3.52. The van der Waals surface area contributed by atoms with Crippen LogP contribution in [0.25, 0.3) is 0 Å². The summed E-state index contributed by atoms with van der Waals surface area (Å²) >= 11 is 0. The highest BCUT2D eigenvalue weighted by Gasteiger charge is 2.21. The lowest BCUT2D eigenvalue weighted by molar-refractivity contribution is 0.161. The van der Waals surface area contributed by atoms with E-state index in [1.165, 1.54) is 0 Å². The van der Waals surface area contributed by atoms with Crippen LogP contribution in [0, 0.1) is 6.92 Å². The van der Waals surface area contributed by atoms with Crippen LogP contribution in [0.15, 0.2) is 16.5 Å². The molecule has 3 heteroatoms. The molecular formula is C10H16N2O. The number of likely N-dealkylation sites (N-methyl/N-ethyl adjacent to an activating group) is 1. The summed E-state index contributed by atoms with van der Waals surface area (Å²) in [5.74, 6) is 2.06. The van der Waals surface area contributed by atoms with Gasteiger partial charge in [0, 0.05) is 19.1 Å². The van der Waals surface area contributed by atoms with Crippen LogP contribution < -0.4 is 5.32 Å². The third-order valence-electron chi connectivity index (χ3n) is 2.58. The van der Waals surface area contributed by atoms with E-state index < -0.39 is 0 Å². The first kappa shape index (κ1) is 8.78. The Kier molecular flexibility index (Phi) is 2.38. The van der Waals surface area contributed by atoms with Crippen LogP contribution in [-0.4, -0.2) is 31.1 Å². The summed E-state index contributed by atoms with van der Waals surface area (Å²) in [6, 6.07) is 4.76. The normalized spacial score (nSPS) is 17.8. The Bertz CT molecular complexity index is 278. The number of nitrogens with zero attached hydrogens (tertiary/aromatic N) is 1. The summed E-state index contributed by atoms with van der Waals surface area (Å²) in [4.78, 5) is 2.33. The van der Waals surface area contributed by atoms with Crippen molar-refractivity contribution in [2.45, 2.75) is 19.5 Å². The topological polar surface area (TPSA) is 28.4 Å². The minimum atomic E-state index is 0.686. The van der Waals surface area contributed by atoms with Gasteiger partial charge >= 0.3 is 0 Å². The molecule has 1 fully saturated rings. The fraction of sp³-hybridized carbons (Fsp3) is 0.600. The van der Waals surface area contributed by atoms with E-state index in [9.17, 15) is 0 Å². The van der Waals surface area contributed by atoms with Crippen molar-refractivity contribution in [3.8, 4) is 0 Å². The Hall–Kier alpha value is -0.800. The average Bonchev–Trinajstić information content (AvgIpc) is 2.31. The summed E-state index contributed by atoms with van der Waals surface area (Å²) in [5, 5.41) is 3.26. The summed E-state index contributed by atoms with van der Waals surface area (Å²) in [5.41, 5.74) is 0. The Balaban J connectivity index is 1.89. The summed E-state index contributed by atoms with van der Waals surface area (Å²) in [6.45, 7) is 5.11. The largest absolute Gasteiger partial charge is 0.465 e. The van der Waals surface area contributed by atoms with Crippen molar-refractivity contribution in [3.63, 3.8) is 0 Å². The van der Waals surface area contributed by atoms with Gasteiger partial charge in [-0.15, -0.1) is 0 Å². The zero-order chi connectivity index (χ0) is 9.26. The van der Waals surface area contributed by atoms with Crippen LogP contribution in [0.2, 0.25) is 0 Å². The molecular weight excluding hydrogens is 164 g/mol. The fourth-order valence-corrected chi connectivity index (χ4v) is 1.53. The van der Waals surface area contributed by atoms with E-state index in [0.29, 0.717) is 6.04 Å². The SMILES string of the molecule is Cc1ccc(CN(C)C2CNC2)o1. The minimum absolute atomic E-state index is 0.686. The molecule has 0 aliphatic carbocycles. The first-order valence-electron chi connectivity index (χ1n) is 4.72. The highest BCUT2D eigenvalue weighted by Crippen LogP contribution is 2.11. The molecule has 1 N–H and O–H groups in total. The van der Waals surface area contributed by atoms with Gasteiger partial charge in [0.05, 0.1) is 6.54 Å². The molecule has 1 aromatic heterocycles. The predicted octanol–water partition coefficient (Wildman–Crippen LogP) is 0.992. The second-order valence-electron chi connectivity index (χ2n) is 3.74. The van der Waals surface area contributed by atoms with Gasteiger partial charge in [0.1, 0.15) is 11.5 Å². The number of aryl methyl sites for hydroxylation is 1. The maximum atomic E-state index is 5.51. The van der Waals surface area contributed by atoms with Gasteiger partial charge < -0.3 is 9.73 Å². The zero-order valence-corrected chi connectivity index (χ0v) is 8.21. The van der Waals surface area contributed by atoms with Crippen LogP contribution in [0.5, 0.6) is 0 Å². The summed E-state index contributed by atoms with van der Waals surface area (Å²) in [7, 11) is 2.14. The van der Waals surface area contributed by atoms with Gasteiger partial charge in [-0.25, -0.2) is 0 Å². The van der Waals surface area contributed by atoms with E-state index in [2.05, 4.69) is 23.3 Å². The van der Waals surface area contributed by atoms with Crippen LogP contribution in [0.4, 0.5) is 0 Å². The van der Waals surface area contributed by atoms with E-state index in [1.54, 1.807) is 0 Å². The standard InChI is InChI=1S/C10H16N2O/c1-8-3-4-10(13-8)7-12(2)9-5-11-6-9/h3-4,9,11H,5-7H2,1-2H3. The van der Waals surface area contributed by atoms with Crippen molar-refractivity contribution < 1.29 is 4.42 Å². The lowest BCUT2D eigenvalue weighted by Gasteiger charge is -2.35. The molecule has 1 aliphatic heterocycles. The molecule has 0 atom stereocenters. The van der Waals surface area contributed by atoms with Gasteiger partial charge in [0.15, 0.2) is 0 Å². The zero-order valence-electron chi connectivity index (χ0n) is 8.21. The van der Waals surface area contributed by atoms with Crippen molar-refractivity contribution >= 4 is 0 Å². The summed E-state index contributed by atoms with van der Waals surface area (Å²) in [6.07, 6.45) is 0. The first-order valence-corrected chi connectivity index (χ1v) is 4.72. The van der Waals surface area contributed by atoms with E-state index in [1.807, 2.05) is 13.0 Å². The number of nitrogens with one attached hydrogen (secondary N) is 1. The lowest BCUT2D eigenvalue weighted by atomic mass is 10.1. The molecule has 1 aliphatic rings. The Labute approximate surface area is 78.7 Å². The van der Waals surface area contributed by atoms with Gasteiger partial charge in [-0.2, -0.15) is 0 Å². The van der Waals surface area contributed by atoms with Crippen LogP contribution in [0.1, 0.15) is 11.5 Å². The molecule has 3 nitrogen and oxygen atoms in total. The second-order valence-corrected chi connectivity index (χ2v) is 3.74. The van der Waals surface area contributed by atoms with Gasteiger partial charge in [-0.1, -0.05) is 0 Å². The van der Waals surface area contributed by atoms with E-state index in [-0.39, 0.29) is 0 Å². The molecule has 0 spiro atoms. The monoisotopic (exact) mass is 180 g/mol. The molecule has 0 unspecified atom stereocenters. The highest BCUT2D eigenvalue weighted by molar-refractivity contribution is 5.05. The number of rotatable bonds is 3. The smallest absolute Gasteiger partial charge is 0.118 e. The van der Waals surface area contributed by atoms with E-state index >= 15 is 0 Å². The molecule has 72 valence electrons. The van der Waals surface area contributed by atoms with E-state index in [0.717, 1.165) is 31.2 Å². The first-order chi connectivity index (χ1) is 6.25. The maximum absolute atomic E-state index is 5.51. The molecule has 0 radical (unpaired) electrons. The molecule has 2 heterocycles.